The van der Waals surface area contributed by atoms with E-state index in [-0.39, 0.29) is 19.1 Å². The summed E-state index contributed by atoms with van der Waals surface area (Å²) in [6.45, 7) is 0.562. The Labute approximate surface area is 146 Å². The van der Waals surface area contributed by atoms with Gasteiger partial charge in [0.15, 0.2) is 11.2 Å². The maximum Gasteiger partial charge on any atom is 0.421 e. The van der Waals surface area contributed by atoms with Crippen LogP contribution in [0.4, 0.5) is 8.78 Å². The average molecular weight is 359 g/mol. The molecule has 3 aromatic rings. The monoisotopic (exact) mass is 359 g/mol. The van der Waals surface area contributed by atoms with E-state index in [4.69, 9.17) is 4.42 Å². The van der Waals surface area contributed by atoms with Crippen LogP contribution in [0.5, 0.6) is 0 Å². The number of aromatic nitrogens is 2. The first-order valence-corrected chi connectivity index (χ1v) is 8.25. The van der Waals surface area contributed by atoms with E-state index in [0.29, 0.717) is 24.1 Å². The van der Waals surface area contributed by atoms with Gasteiger partial charge in [-0.1, -0.05) is 6.07 Å². The van der Waals surface area contributed by atoms with Gasteiger partial charge in [-0.25, -0.2) is 18.6 Å². The van der Waals surface area contributed by atoms with E-state index in [2.05, 4.69) is 4.98 Å². The highest BCUT2D eigenvalue weighted by Crippen LogP contribution is 2.26. The number of halogens is 2. The minimum atomic E-state index is -0.877. The summed E-state index contributed by atoms with van der Waals surface area (Å²) in [5.74, 6) is -2.93. The molecule has 1 aliphatic heterocycles. The summed E-state index contributed by atoms with van der Waals surface area (Å²) in [4.78, 5) is 30.2. The number of carbonyl (C=O) groups excluding carboxylic acids is 1. The molecule has 4 rings (SSSR count). The molecule has 0 atom stereocenters. The molecular weight excluding hydrogens is 344 g/mol. The lowest BCUT2D eigenvalue weighted by atomic mass is 10.0. The van der Waals surface area contributed by atoms with Gasteiger partial charge in [-0.15, -0.1) is 0 Å². The highest BCUT2D eigenvalue weighted by atomic mass is 19.1. The fourth-order valence-electron chi connectivity index (χ4n) is 3.38. The van der Waals surface area contributed by atoms with E-state index >= 15 is 0 Å². The number of amides is 1. The van der Waals surface area contributed by atoms with E-state index in [1.54, 1.807) is 18.3 Å². The van der Waals surface area contributed by atoms with Crippen molar-refractivity contribution in [2.45, 2.75) is 18.9 Å². The maximum atomic E-state index is 13.8. The van der Waals surface area contributed by atoms with Crippen LogP contribution in [0, 0.1) is 11.6 Å². The van der Waals surface area contributed by atoms with Crippen LogP contribution in [0.3, 0.4) is 0 Å². The van der Waals surface area contributed by atoms with Crippen LogP contribution in [0.15, 0.2) is 45.7 Å². The van der Waals surface area contributed by atoms with Crippen molar-refractivity contribution in [2.75, 3.05) is 13.1 Å². The van der Waals surface area contributed by atoms with E-state index in [1.165, 1.54) is 15.5 Å². The molecule has 0 N–H and O–H groups in total. The molecule has 8 heteroatoms. The van der Waals surface area contributed by atoms with Crippen LogP contribution in [0.1, 0.15) is 29.2 Å². The molecule has 0 radical (unpaired) electrons. The normalized spacial score (nSPS) is 15.5. The number of likely N-dealkylation sites (tertiary alicyclic amines) is 1. The van der Waals surface area contributed by atoms with Crippen molar-refractivity contribution < 1.29 is 18.0 Å². The molecule has 3 heterocycles. The predicted molar refractivity (Wildman–Crippen MR) is 88.8 cm³/mol. The molecule has 0 saturated carbocycles. The topological polar surface area (TPSA) is 68.3 Å². The molecule has 134 valence electrons. The third-order valence-electron chi connectivity index (χ3n) is 4.67. The Kier molecular flexibility index (Phi) is 4.02. The Bertz CT molecular complexity index is 1020. The minimum absolute atomic E-state index is 0.187. The first-order chi connectivity index (χ1) is 12.6. The van der Waals surface area contributed by atoms with Crippen molar-refractivity contribution in [2.24, 2.45) is 0 Å². The van der Waals surface area contributed by atoms with Crippen molar-refractivity contribution >= 4 is 17.1 Å². The highest BCUT2D eigenvalue weighted by molar-refractivity contribution is 5.94. The van der Waals surface area contributed by atoms with Crippen LogP contribution in [0.2, 0.25) is 0 Å². The number of benzene rings is 1. The number of nitrogens with zero attached hydrogens (tertiary/aromatic N) is 3. The summed E-state index contributed by atoms with van der Waals surface area (Å²) >= 11 is 0. The van der Waals surface area contributed by atoms with Crippen LogP contribution >= 0.6 is 0 Å². The number of fused-ring (bicyclic) bond motifs is 1. The molecule has 0 bridgehead atoms. The van der Waals surface area contributed by atoms with Crippen molar-refractivity contribution in [3.8, 4) is 0 Å². The zero-order valence-corrected chi connectivity index (χ0v) is 13.7. The van der Waals surface area contributed by atoms with E-state index in [9.17, 15) is 18.4 Å². The molecular formula is C18H15F2N3O3. The van der Waals surface area contributed by atoms with Crippen LogP contribution < -0.4 is 5.76 Å². The second kappa shape index (κ2) is 6.36. The molecule has 0 spiro atoms. The summed E-state index contributed by atoms with van der Waals surface area (Å²) in [6.07, 6.45) is 2.51. The second-order valence-electron chi connectivity index (χ2n) is 6.18. The van der Waals surface area contributed by atoms with Crippen LogP contribution in [-0.4, -0.2) is 33.4 Å². The number of hydrogen-bond acceptors (Lipinski definition) is 4. The Morgan fingerprint density at radius 3 is 2.50 bits per heavy atom. The smallest absolute Gasteiger partial charge is 0.406 e. The summed E-state index contributed by atoms with van der Waals surface area (Å²) in [5.41, 5.74) is 0.324. The van der Waals surface area contributed by atoms with Gasteiger partial charge in [0.2, 0.25) is 0 Å². The molecule has 0 aliphatic carbocycles. The highest BCUT2D eigenvalue weighted by Gasteiger charge is 2.30. The molecule has 0 unspecified atom stereocenters. The Morgan fingerprint density at radius 1 is 1.12 bits per heavy atom. The lowest BCUT2D eigenvalue weighted by Crippen LogP contribution is -2.41. The van der Waals surface area contributed by atoms with E-state index < -0.39 is 28.9 Å². The first-order valence-electron chi connectivity index (χ1n) is 8.25. The number of hydrogen-bond donors (Lipinski definition) is 0. The molecule has 26 heavy (non-hydrogen) atoms. The molecule has 6 nitrogen and oxygen atoms in total. The molecule has 1 amide bonds. The zero-order valence-electron chi connectivity index (χ0n) is 13.7. The van der Waals surface area contributed by atoms with Gasteiger partial charge in [0.05, 0.1) is 0 Å². The quantitative estimate of drug-likeness (QED) is 0.706. The third kappa shape index (κ3) is 2.67. The van der Waals surface area contributed by atoms with Gasteiger partial charge in [-0.3, -0.25) is 9.36 Å². The zero-order chi connectivity index (χ0) is 18.3. The van der Waals surface area contributed by atoms with E-state index in [0.717, 1.165) is 12.1 Å². The number of carbonyl (C=O) groups is 1. The molecule has 1 fully saturated rings. The Morgan fingerprint density at radius 2 is 1.81 bits per heavy atom. The lowest BCUT2D eigenvalue weighted by Gasteiger charge is -2.32. The number of oxazole rings is 1. The van der Waals surface area contributed by atoms with Crippen LogP contribution in [-0.2, 0) is 0 Å². The van der Waals surface area contributed by atoms with Gasteiger partial charge in [-0.2, -0.15) is 0 Å². The number of piperidine rings is 1. The Balaban J connectivity index is 1.55. The molecule has 1 aliphatic rings. The van der Waals surface area contributed by atoms with Gasteiger partial charge >= 0.3 is 5.76 Å². The van der Waals surface area contributed by atoms with Gasteiger partial charge in [0.1, 0.15) is 17.2 Å². The third-order valence-corrected chi connectivity index (χ3v) is 4.67. The predicted octanol–water partition coefficient (Wildman–Crippen LogP) is 2.75. The molecule has 1 aromatic carbocycles. The number of pyridine rings is 1. The fraction of sp³-hybridized carbons (Fsp3) is 0.278. The van der Waals surface area contributed by atoms with Crippen molar-refractivity contribution in [3.63, 3.8) is 0 Å². The minimum Gasteiger partial charge on any atom is -0.406 e. The largest absolute Gasteiger partial charge is 0.421 e. The average Bonchev–Trinajstić information content (AvgIpc) is 2.97. The maximum absolute atomic E-state index is 13.8. The van der Waals surface area contributed by atoms with Gasteiger partial charge in [0.25, 0.3) is 5.91 Å². The fourth-order valence-corrected chi connectivity index (χ4v) is 3.38. The summed E-state index contributed by atoms with van der Waals surface area (Å²) < 4.78 is 34.3. The molecule has 1 saturated heterocycles. The summed E-state index contributed by atoms with van der Waals surface area (Å²) in [6, 6.07) is 6.50. The van der Waals surface area contributed by atoms with Crippen LogP contribution in [0.25, 0.3) is 11.2 Å². The molecule has 2 aromatic heterocycles. The SMILES string of the molecule is O=C(c1c(F)cccc1F)N1CCC(n2c(=O)oc3cccnc32)CC1. The van der Waals surface area contributed by atoms with Gasteiger partial charge in [0, 0.05) is 25.3 Å². The van der Waals surface area contributed by atoms with Gasteiger partial charge < -0.3 is 9.32 Å². The van der Waals surface area contributed by atoms with Gasteiger partial charge in [-0.05, 0) is 37.1 Å². The summed E-state index contributed by atoms with van der Waals surface area (Å²) in [5, 5.41) is 0. The Hall–Kier alpha value is -3.03. The van der Waals surface area contributed by atoms with Crippen molar-refractivity contribution in [1.29, 1.82) is 0 Å². The van der Waals surface area contributed by atoms with Crippen molar-refractivity contribution in [3.05, 3.63) is 64.3 Å². The first kappa shape index (κ1) is 16.4. The van der Waals surface area contributed by atoms with Crippen molar-refractivity contribution in [1.82, 2.24) is 14.5 Å². The van der Waals surface area contributed by atoms with E-state index in [1.807, 2.05) is 0 Å². The second-order valence-corrected chi connectivity index (χ2v) is 6.18. The number of rotatable bonds is 2. The standard InChI is InChI=1S/C18H15F2N3O3/c19-12-3-1-4-13(20)15(12)17(24)22-9-6-11(7-10-22)23-16-14(26-18(23)25)5-2-8-21-16/h1-5,8,11H,6-7,9-10H2. The lowest BCUT2D eigenvalue weighted by molar-refractivity contribution is 0.0684. The summed E-state index contributed by atoms with van der Waals surface area (Å²) in [7, 11) is 0.